The van der Waals surface area contributed by atoms with Crippen molar-refractivity contribution < 1.29 is 5.11 Å². The van der Waals surface area contributed by atoms with Crippen LogP contribution in [0, 0.1) is 11.8 Å². The molecule has 16 heavy (non-hydrogen) atoms. The molecule has 1 heterocycles. The molecule has 2 unspecified atom stereocenters. The zero-order chi connectivity index (χ0) is 12.0. The Morgan fingerprint density at radius 3 is 2.69 bits per heavy atom. The maximum atomic E-state index is 9.09. The minimum absolute atomic E-state index is 0.316. The fourth-order valence-corrected chi connectivity index (χ4v) is 2.64. The monoisotopic (exact) mass is 228 g/mol. The molecule has 0 saturated carbocycles. The molecule has 1 rings (SSSR count). The second-order valence-corrected chi connectivity index (χ2v) is 5.40. The van der Waals surface area contributed by atoms with Gasteiger partial charge in [0.15, 0.2) is 0 Å². The van der Waals surface area contributed by atoms with Crippen LogP contribution in [0.1, 0.15) is 39.5 Å². The van der Waals surface area contributed by atoms with Crippen molar-refractivity contribution >= 4 is 0 Å². The van der Waals surface area contributed by atoms with Crippen LogP contribution in [0.2, 0.25) is 0 Å². The summed E-state index contributed by atoms with van der Waals surface area (Å²) >= 11 is 0. The highest BCUT2D eigenvalue weighted by Crippen LogP contribution is 2.22. The van der Waals surface area contributed by atoms with Crippen LogP contribution in [0.4, 0.5) is 0 Å². The van der Waals surface area contributed by atoms with E-state index in [0.29, 0.717) is 24.5 Å². The third-order valence-electron chi connectivity index (χ3n) is 3.93. The highest BCUT2D eigenvalue weighted by Gasteiger charge is 2.25. The van der Waals surface area contributed by atoms with Crippen LogP contribution in [-0.4, -0.2) is 42.3 Å². The largest absolute Gasteiger partial charge is 0.396 e. The molecule has 0 aliphatic carbocycles. The molecule has 1 fully saturated rings. The molecule has 3 nitrogen and oxygen atoms in total. The van der Waals surface area contributed by atoms with Gasteiger partial charge in [0.05, 0.1) is 0 Å². The maximum Gasteiger partial charge on any atom is 0.0445 e. The topological polar surface area (TPSA) is 49.5 Å². The Morgan fingerprint density at radius 2 is 2.12 bits per heavy atom. The van der Waals surface area contributed by atoms with Crippen LogP contribution in [0.3, 0.4) is 0 Å². The van der Waals surface area contributed by atoms with E-state index in [0.717, 1.165) is 19.5 Å². The number of nitrogens with two attached hydrogens (primary N) is 1. The summed E-state index contributed by atoms with van der Waals surface area (Å²) in [6.07, 6.45) is 4.79. The summed E-state index contributed by atoms with van der Waals surface area (Å²) in [5.74, 6) is 1.25. The second-order valence-electron chi connectivity index (χ2n) is 5.40. The number of piperidine rings is 1. The van der Waals surface area contributed by atoms with Gasteiger partial charge < -0.3 is 10.8 Å². The molecule has 1 saturated heterocycles. The number of likely N-dealkylation sites (tertiary alicyclic amines) is 1. The molecule has 96 valence electrons. The molecular formula is C13H28N2O. The van der Waals surface area contributed by atoms with Gasteiger partial charge in [0.2, 0.25) is 0 Å². The number of aliphatic hydroxyl groups is 1. The van der Waals surface area contributed by atoms with Gasteiger partial charge >= 0.3 is 0 Å². The van der Waals surface area contributed by atoms with E-state index in [-0.39, 0.29) is 0 Å². The molecule has 0 aromatic carbocycles. The minimum atomic E-state index is 0.316. The molecule has 0 aromatic rings. The first kappa shape index (κ1) is 13.9. The van der Waals surface area contributed by atoms with Crippen LogP contribution in [0.25, 0.3) is 0 Å². The number of hydrogen-bond donors (Lipinski definition) is 2. The summed E-state index contributed by atoms with van der Waals surface area (Å²) in [5.41, 5.74) is 5.83. The standard InChI is InChI=1S/C13H28N2O/c1-11(2)12(9-14)10-15-7-4-3-5-13(15)6-8-16/h11-13,16H,3-10,14H2,1-2H3. The maximum absolute atomic E-state index is 9.09. The number of nitrogens with zero attached hydrogens (tertiary/aromatic N) is 1. The van der Waals surface area contributed by atoms with Crippen molar-refractivity contribution in [1.82, 2.24) is 4.90 Å². The fraction of sp³-hybridized carbons (Fsp3) is 1.00. The Bertz CT molecular complexity index is 183. The van der Waals surface area contributed by atoms with Gasteiger partial charge in [0.1, 0.15) is 0 Å². The quantitative estimate of drug-likeness (QED) is 0.723. The predicted molar refractivity (Wildman–Crippen MR) is 68.3 cm³/mol. The van der Waals surface area contributed by atoms with E-state index in [1.807, 2.05) is 0 Å². The van der Waals surface area contributed by atoms with E-state index in [2.05, 4.69) is 18.7 Å². The minimum Gasteiger partial charge on any atom is -0.396 e. The summed E-state index contributed by atoms with van der Waals surface area (Å²) < 4.78 is 0. The van der Waals surface area contributed by atoms with Gasteiger partial charge in [0.25, 0.3) is 0 Å². The van der Waals surface area contributed by atoms with Gasteiger partial charge in [-0.2, -0.15) is 0 Å². The molecule has 0 spiro atoms. The summed E-state index contributed by atoms with van der Waals surface area (Å²) in [4.78, 5) is 2.55. The lowest BCUT2D eigenvalue weighted by Gasteiger charge is -2.38. The molecular weight excluding hydrogens is 200 g/mol. The summed E-state index contributed by atoms with van der Waals surface area (Å²) in [6.45, 7) is 7.90. The third kappa shape index (κ3) is 4.04. The van der Waals surface area contributed by atoms with E-state index in [9.17, 15) is 0 Å². The first-order chi connectivity index (χ1) is 7.69. The van der Waals surface area contributed by atoms with E-state index in [1.54, 1.807) is 0 Å². The van der Waals surface area contributed by atoms with Crippen LogP contribution in [0.5, 0.6) is 0 Å². The van der Waals surface area contributed by atoms with Crippen molar-refractivity contribution in [2.75, 3.05) is 26.2 Å². The predicted octanol–water partition coefficient (Wildman–Crippen LogP) is 1.45. The van der Waals surface area contributed by atoms with Crippen molar-refractivity contribution in [1.29, 1.82) is 0 Å². The Balaban J connectivity index is 2.47. The average Bonchev–Trinajstić information content (AvgIpc) is 2.27. The van der Waals surface area contributed by atoms with Crippen molar-refractivity contribution in [2.24, 2.45) is 17.6 Å². The van der Waals surface area contributed by atoms with Crippen LogP contribution >= 0.6 is 0 Å². The highest BCUT2D eigenvalue weighted by molar-refractivity contribution is 4.80. The van der Waals surface area contributed by atoms with Gasteiger partial charge in [-0.3, -0.25) is 4.90 Å². The Hall–Kier alpha value is -0.120. The van der Waals surface area contributed by atoms with E-state index >= 15 is 0 Å². The lowest BCUT2D eigenvalue weighted by atomic mass is 9.92. The molecule has 0 bridgehead atoms. The van der Waals surface area contributed by atoms with Gasteiger partial charge in [-0.25, -0.2) is 0 Å². The summed E-state index contributed by atoms with van der Waals surface area (Å²) in [5, 5.41) is 9.09. The lowest BCUT2D eigenvalue weighted by Crippen LogP contribution is -2.45. The Morgan fingerprint density at radius 1 is 1.38 bits per heavy atom. The molecule has 0 aromatic heterocycles. The van der Waals surface area contributed by atoms with Crippen molar-refractivity contribution in [3.8, 4) is 0 Å². The smallest absolute Gasteiger partial charge is 0.0445 e. The lowest BCUT2D eigenvalue weighted by molar-refractivity contribution is 0.0934. The first-order valence-corrected chi connectivity index (χ1v) is 6.74. The van der Waals surface area contributed by atoms with Crippen molar-refractivity contribution in [3.63, 3.8) is 0 Å². The molecule has 1 aliphatic rings. The third-order valence-corrected chi connectivity index (χ3v) is 3.93. The fourth-order valence-electron chi connectivity index (χ4n) is 2.64. The van der Waals surface area contributed by atoms with Crippen LogP contribution < -0.4 is 5.73 Å². The van der Waals surface area contributed by atoms with E-state index in [4.69, 9.17) is 10.8 Å². The highest BCUT2D eigenvalue weighted by atomic mass is 16.3. The molecule has 3 N–H and O–H groups in total. The normalized spacial score (nSPS) is 24.9. The Kier molecular flexibility index (Phi) is 6.32. The van der Waals surface area contributed by atoms with E-state index < -0.39 is 0 Å². The Labute approximate surface area is 100 Å². The number of aliphatic hydroxyl groups excluding tert-OH is 1. The van der Waals surface area contributed by atoms with Crippen molar-refractivity contribution in [2.45, 2.75) is 45.6 Å². The van der Waals surface area contributed by atoms with E-state index in [1.165, 1.54) is 25.8 Å². The summed E-state index contributed by atoms with van der Waals surface area (Å²) in [6, 6.07) is 0.589. The second kappa shape index (κ2) is 7.25. The average molecular weight is 228 g/mol. The molecule has 0 radical (unpaired) electrons. The first-order valence-electron chi connectivity index (χ1n) is 6.74. The summed E-state index contributed by atoms with van der Waals surface area (Å²) in [7, 11) is 0. The van der Waals surface area contributed by atoms with Gasteiger partial charge in [-0.1, -0.05) is 20.3 Å². The van der Waals surface area contributed by atoms with Gasteiger partial charge in [-0.05, 0) is 44.2 Å². The molecule has 3 heteroatoms. The van der Waals surface area contributed by atoms with Gasteiger partial charge in [0, 0.05) is 19.2 Å². The van der Waals surface area contributed by atoms with Gasteiger partial charge in [-0.15, -0.1) is 0 Å². The van der Waals surface area contributed by atoms with Crippen LogP contribution in [0.15, 0.2) is 0 Å². The number of rotatable bonds is 6. The van der Waals surface area contributed by atoms with Crippen molar-refractivity contribution in [3.05, 3.63) is 0 Å². The zero-order valence-corrected chi connectivity index (χ0v) is 10.9. The zero-order valence-electron chi connectivity index (χ0n) is 10.9. The van der Waals surface area contributed by atoms with Crippen LogP contribution in [-0.2, 0) is 0 Å². The molecule has 0 amide bonds. The molecule has 2 atom stereocenters. The molecule has 1 aliphatic heterocycles. The SMILES string of the molecule is CC(C)C(CN)CN1CCCCC1CCO. The number of hydrogen-bond acceptors (Lipinski definition) is 3.